The summed E-state index contributed by atoms with van der Waals surface area (Å²) in [6.45, 7) is 10.9. The molecule has 1 aliphatic heterocycles. The highest BCUT2D eigenvalue weighted by atomic mass is 16.2. The Balaban J connectivity index is 1.71. The van der Waals surface area contributed by atoms with Crippen molar-refractivity contribution in [2.45, 2.75) is 46.5 Å². The number of anilines is 2. The average Bonchev–Trinajstić information content (AvgIpc) is 3.00. The molecule has 1 saturated heterocycles. The molecule has 0 bridgehead atoms. The first-order chi connectivity index (χ1) is 12.7. The van der Waals surface area contributed by atoms with Gasteiger partial charge in [0, 0.05) is 24.3 Å². The molecule has 2 aromatic rings. The van der Waals surface area contributed by atoms with Gasteiger partial charge in [-0.05, 0) is 54.2 Å². The first kappa shape index (κ1) is 19.2. The lowest BCUT2D eigenvalue weighted by Gasteiger charge is -2.21. The Hall–Kier alpha value is -2.62. The average molecular weight is 364 g/mol. The van der Waals surface area contributed by atoms with Crippen molar-refractivity contribution in [3.63, 3.8) is 0 Å². The summed E-state index contributed by atoms with van der Waals surface area (Å²) in [5, 5.41) is 3.00. The van der Waals surface area contributed by atoms with Gasteiger partial charge in [0.15, 0.2) is 0 Å². The van der Waals surface area contributed by atoms with Crippen LogP contribution in [0.4, 0.5) is 11.4 Å². The summed E-state index contributed by atoms with van der Waals surface area (Å²) in [5.41, 5.74) is 5.17. The highest BCUT2D eigenvalue weighted by Gasteiger charge is 2.35. The molecule has 1 fully saturated rings. The van der Waals surface area contributed by atoms with Crippen LogP contribution in [0, 0.1) is 19.8 Å². The Labute approximate surface area is 161 Å². The fourth-order valence-electron chi connectivity index (χ4n) is 3.40. The van der Waals surface area contributed by atoms with Gasteiger partial charge in [0.05, 0.1) is 5.92 Å². The third-order valence-corrected chi connectivity index (χ3v) is 5.40. The zero-order valence-corrected chi connectivity index (χ0v) is 16.8. The van der Waals surface area contributed by atoms with Crippen LogP contribution < -0.4 is 10.2 Å². The van der Waals surface area contributed by atoms with E-state index in [1.165, 1.54) is 5.56 Å². The maximum Gasteiger partial charge on any atom is 0.229 e. The van der Waals surface area contributed by atoms with Gasteiger partial charge in [-0.2, -0.15) is 0 Å². The molecule has 4 nitrogen and oxygen atoms in total. The number of aryl methyl sites for hydroxylation is 1. The lowest BCUT2D eigenvalue weighted by atomic mass is 9.87. The molecule has 1 aliphatic rings. The summed E-state index contributed by atoms with van der Waals surface area (Å²) in [4.78, 5) is 26.9. The van der Waals surface area contributed by atoms with Crippen molar-refractivity contribution in [3.8, 4) is 0 Å². The van der Waals surface area contributed by atoms with E-state index in [9.17, 15) is 9.59 Å². The predicted molar refractivity (Wildman–Crippen MR) is 110 cm³/mol. The molecule has 4 heteroatoms. The predicted octanol–water partition coefficient (Wildman–Crippen LogP) is 4.59. The Bertz CT molecular complexity index is 863. The Morgan fingerprint density at radius 1 is 1.07 bits per heavy atom. The second-order valence-corrected chi connectivity index (χ2v) is 8.44. The number of rotatable bonds is 3. The van der Waals surface area contributed by atoms with E-state index in [1.54, 1.807) is 4.90 Å². The monoisotopic (exact) mass is 364 g/mol. The van der Waals surface area contributed by atoms with Gasteiger partial charge in [-0.15, -0.1) is 0 Å². The highest BCUT2D eigenvalue weighted by Crippen LogP contribution is 2.29. The van der Waals surface area contributed by atoms with Gasteiger partial charge >= 0.3 is 0 Å². The van der Waals surface area contributed by atoms with Gasteiger partial charge in [-0.25, -0.2) is 0 Å². The van der Waals surface area contributed by atoms with E-state index in [4.69, 9.17) is 0 Å². The van der Waals surface area contributed by atoms with Crippen LogP contribution in [-0.4, -0.2) is 18.4 Å². The zero-order valence-electron chi connectivity index (χ0n) is 16.8. The fraction of sp³-hybridized carbons (Fsp3) is 0.391. The minimum absolute atomic E-state index is 0.000349. The van der Waals surface area contributed by atoms with Crippen molar-refractivity contribution >= 4 is 23.2 Å². The number of hydrogen-bond acceptors (Lipinski definition) is 2. The largest absolute Gasteiger partial charge is 0.326 e. The number of nitrogens with one attached hydrogen (secondary N) is 1. The first-order valence-corrected chi connectivity index (χ1v) is 9.45. The van der Waals surface area contributed by atoms with Crippen LogP contribution >= 0.6 is 0 Å². The van der Waals surface area contributed by atoms with Crippen molar-refractivity contribution in [1.82, 2.24) is 0 Å². The molecule has 0 saturated carbocycles. The molecule has 2 aromatic carbocycles. The van der Waals surface area contributed by atoms with E-state index in [2.05, 4.69) is 38.2 Å². The molecular formula is C23H28N2O2. The van der Waals surface area contributed by atoms with Crippen LogP contribution in [0.3, 0.4) is 0 Å². The molecule has 1 N–H and O–H groups in total. The normalized spacial score (nSPS) is 17.3. The van der Waals surface area contributed by atoms with Gasteiger partial charge in [-0.3, -0.25) is 9.59 Å². The molecule has 3 rings (SSSR count). The lowest BCUT2D eigenvalue weighted by Crippen LogP contribution is -2.28. The minimum atomic E-state index is -0.334. The molecule has 2 amide bonds. The Kier molecular flexibility index (Phi) is 5.09. The van der Waals surface area contributed by atoms with Gasteiger partial charge in [0.2, 0.25) is 11.8 Å². The maximum absolute atomic E-state index is 12.7. The van der Waals surface area contributed by atoms with Crippen molar-refractivity contribution < 1.29 is 9.59 Å². The van der Waals surface area contributed by atoms with Crippen LogP contribution in [-0.2, 0) is 15.0 Å². The zero-order chi connectivity index (χ0) is 19.8. The molecule has 0 radical (unpaired) electrons. The third-order valence-electron chi connectivity index (χ3n) is 5.40. The number of carbonyl (C=O) groups excluding carboxylic acids is 2. The standard InChI is InChI=1S/C23H28N2O2/c1-15-7-6-8-20(16(15)2)24-22(27)17-13-21(26)25(14-17)19-11-9-18(10-12-19)23(3,4)5/h6-12,17H,13-14H2,1-5H3,(H,24,27). The van der Waals surface area contributed by atoms with Gasteiger partial charge in [0.1, 0.15) is 0 Å². The Morgan fingerprint density at radius 3 is 2.37 bits per heavy atom. The fourth-order valence-corrected chi connectivity index (χ4v) is 3.40. The third kappa shape index (κ3) is 4.05. The smallest absolute Gasteiger partial charge is 0.229 e. The van der Waals surface area contributed by atoms with Gasteiger partial charge in [0.25, 0.3) is 0 Å². The van der Waals surface area contributed by atoms with Crippen LogP contribution in [0.5, 0.6) is 0 Å². The van der Waals surface area contributed by atoms with Crippen LogP contribution in [0.25, 0.3) is 0 Å². The van der Waals surface area contributed by atoms with Crippen LogP contribution in [0.1, 0.15) is 43.9 Å². The van der Waals surface area contributed by atoms with Gasteiger partial charge < -0.3 is 10.2 Å². The van der Waals surface area contributed by atoms with Crippen LogP contribution in [0.2, 0.25) is 0 Å². The molecule has 1 heterocycles. The minimum Gasteiger partial charge on any atom is -0.326 e. The maximum atomic E-state index is 12.7. The summed E-state index contributed by atoms with van der Waals surface area (Å²) < 4.78 is 0. The SMILES string of the molecule is Cc1cccc(NC(=O)C2CC(=O)N(c3ccc(C(C)(C)C)cc3)C2)c1C. The lowest BCUT2D eigenvalue weighted by molar-refractivity contribution is -0.122. The van der Waals surface area contributed by atoms with E-state index in [0.29, 0.717) is 6.54 Å². The molecule has 0 spiro atoms. The summed E-state index contributed by atoms with van der Waals surface area (Å²) in [5.74, 6) is -0.426. The van der Waals surface area contributed by atoms with Crippen LogP contribution in [0.15, 0.2) is 42.5 Å². The quantitative estimate of drug-likeness (QED) is 0.866. The second kappa shape index (κ2) is 7.18. The van der Waals surface area contributed by atoms with Crippen molar-refractivity contribution in [3.05, 3.63) is 59.2 Å². The summed E-state index contributed by atoms with van der Waals surface area (Å²) in [6, 6.07) is 13.9. The highest BCUT2D eigenvalue weighted by molar-refractivity contribution is 6.03. The van der Waals surface area contributed by atoms with Crippen molar-refractivity contribution in [2.75, 3.05) is 16.8 Å². The number of carbonyl (C=O) groups is 2. The van der Waals surface area contributed by atoms with Crippen molar-refractivity contribution in [1.29, 1.82) is 0 Å². The summed E-state index contributed by atoms with van der Waals surface area (Å²) in [7, 11) is 0. The number of benzene rings is 2. The molecule has 142 valence electrons. The molecule has 27 heavy (non-hydrogen) atoms. The van der Waals surface area contributed by atoms with Crippen molar-refractivity contribution in [2.24, 2.45) is 5.92 Å². The van der Waals surface area contributed by atoms with E-state index < -0.39 is 0 Å². The first-order valence-electron chi connectivity index (χ1n) is 9.45. The summed E-state index contributed by atoms with van der Waals surface area (Å²) >= 11 is 0. The molecule has 1 unspecified atom stereocenters. The molecule has 0 aliphatic carbocycles. The molecule has 0 aromatic heterocycles. The number of amides is 2. The van der Waals surface area contributed by atoms with E-state index in [-0.39, 0.29) is 29.6 Å². The number of hydrogen-bond donors (Lipinski definition) is 1. The van der Waals surface area contributed by atoms with Gasteiger partial charge in [-0.1, -0.05) is 45.0 Å². The van der Waals surface area contributed by atoms with E-state index >= 15 is 0 Å². The topological polar surface area (TPSA) is 49.4 Å². The number of nitrogens with zero attached hydrogens (tertiary/aromatic N) is 1. The van der Waals surface area contributed by atoms with E-state index in [0.717, 1.165) is 22.5 Å². The van der Waals surface area contributed by atoms with E-state index in [1.807, 2.05) is 44.2 Å². The Morgan fingerprint density at radius 2 is 1.74 bits per heavy atom. The second-order valence-electron chi connectivity index (χ2n) is 8.44. The molecular weight excluding hydrogens is 336 g/mol. The molecule has 1 atom stereocenters. The summed E-state index contributed by atoms with van der Waals surface area (Å²) in [6.07, 6.45) is 0.248.